The Kier molecular flexibility index (Phi) is 6.93. The Bertz CT molecular complexity index is 1390. The summed E-state index contributed by atoms with van der Waals surface area (Å²) >= 11 is 0. The molecule has 1 spiro atoms. The van der Waals surface area contributed by atoms with Crippen LogP contribution in [0, 0.1) is 11.7 Å². The number of nitrogens with zero attached hydrogens (tertiary/aromatic N) is 2. The van der Waals surface area contributed by atoms with Crippen LogP contribution in [-0.4, -0.2) is 57.9 Å². The molecule has 2 amide bonds. The smallest absolute Gasteiger partial charge is 0.225 e. The number of aliphatic hydroxyl groups is 1. The van der Waals surface area contributed by atoms with Gasteiger partial charge in [-0.3, -0.25) is 14.5 Å². The van der Waals surface area contributed by atoms with Crippen LogP contribution < -0.4 is 5.32 Å². The number of aromatic nitrogens is 1. The van der Waals surface area contributed by atoms with Gasteiger partial charge in [0.2, 0.25) is 11.8 Å². The first-order valence-corrected chi connectivity index (χ1v) is 14.1. The summed E-state index contributed by atoms with van der Waals surface area (Å²) in [6.45, 7) is 4.36. The van der Waals surface area contributed by atoms with E-state index in [1.54, 1.807) is 6.07 Å². The van der Waals surface area contributed by atoms with Crippen molar-refractivity contribution in [2.45, 2.75) is 63.6 Å². The zero-order valence-corrected chi connectivity index (χ0v) is 22.5. The number of hydrogen-bond acceptors (Lipinski definition) is 4. The van der Waals surface area contributed by atoms with E-state index in [9.17, 15) is 19.1 Å². The first kappa shape index (κ1) is 26.0. The molecule has 3 heterocycles. The molecule has 0 bridgehead atoms. The van der Waals surface area contributed by atoms with Crippen LogP contribution in [0.15, 0.2) is 42.5 Å². The maximum Gasteiger partial charge on any atom is 0.225 e. The summed E-state index contributed by atoms with van der Waals surface area (Å²) in [4.78, 5) is 32.4. The number of H-pyrrole nitrogens is 1. The summed E-state index contributed by atoms with van der Waals surface area (Å²) < 4.78 is 14.7. The summed E-state index contributed by atoms with van der Waals surface area (Å²) in [5.74, 6) is 0.166. The molecule has 39 heavy (non-hydrogen) atoms. The molecule has 0 radical (unpaired) electrons. The average Bonchev–Trinajstić information content (AvgIpc) is 3.28. The third-order valence-corrected chi connectivity index (χ3v) is 9.23. The summed E-state index contributed by atoms with van der Waals surface area (Å²) in [6, 6.07) is 12.8. The number of piperidine rings is 1. The number of benzene rings is 2. The number of hydrogen-bond donors (Lipinski definition) is 3. The van der Waals surface area contributed by atoms with Crippen molar-refractivity contribution in [3.8, 4) is 0 Å². The van der Waals surface area contributed by atoms with Crippen molar-refractivity contribution in [1.82, 2.24) is 20.1 Å². The van der Waals surface area contributed by atoms with E-state index in [1.807, 2.05) is 12.1 Å². The summed E-state index contributed by atoms with van der Waals surface area (Å²) in [7, 11) is 0. The van der Waals surface area contributed by atoms with Gasteiger partial charge in [-0.2, -0.15) is 0 Å². The molecule has 1 unspecified atom stereocenters. The van der Waals surface area contributed by atoms with E-state index >= 15 is 0 Å². The van der Waals surface area contributed by atoms with E-state index in [4.69, 9.17) is 0 Å². The van der Waals surface area contributed by atoms with Gasteiger partial charge in [0.1, 0.15) is 5.82 Å². The van der Waals surface area contributed by atoms with Crippen LogP contribution in [-0.2, 0) is 28.1 Å². The number of carbonyl (C=O) groups is 2. The minimum atomic E-state index is -0.300. The SMILES string of the molecule is CC(=O)NCc1ccc2c3c([nH]c2c1)C(CO)N(Cc1ccccc1F)CC31CCN(C(=O)C2CCC2)CC1. The number of nitrogens with one attached hydrogen (secondary N) is 2. The van der Waals surface area contributed by atoms with Gasteiger partial charge < -0.3 is 20.3 Å². The Balaban J connectivity index is 1.38. The summed E-state index contributed by atoms with van der Waals surface area (Å²) in [5, 5.41) is 14.6. The molecular formula is C31H37FN4O3. The highest BCUT2D eigenvalue weighted by molar-refractivity contribution is 5.87. The number of carbonyl (C=O) groups excluding carboxylic acids is 2. The highest BCUT2D eigenvalue weighted by Crippen LogP contribution is 2.49. The topological polar surface area (TPSA) is 88.7 Å². The molecule has 1 aliphatic carbocycles. The number of amides is 2. The largest absolute Gasteiger partial charge is 0.394 e. The van der Waals surface area contributed by atoms with Crippen molar-refractivity contribution in [3.63, 3.8) is 0 Å². The van der Waals surface area contributed by atoms with E-state index in [2.05, 4.69) is 38.3 Å². The third kappa shape index (κ3) is 4.74. The Morgan fingerprint density at radius 2 is 1.92 bits per heavy atom. The number of likely N-dealkylation sites (tertiary alicyclic amines) is 1. The second-order valence-corrected chi connectivity index (χ2v) is 11.6. The van der Waals surface area contributed by atoms with Gasteiger partial charge in [0.15, 0.2) is 0 Å². The second kappa shape index (κ2) is 10.4. The first-order valence-electron chi connectivity index (χ1n) is 14.1. The molecule has 1 atom stereocenters. The molecule has 2 aromatic carbocycles. The van der Waals surface area contributed by atoms with Gasteiger partial charge >= 0.3 is 0 Å². The van der Waals surface area contributed by atoms with Crippen molar-refractivity contribution in [1.29, 1.82) is 0 Å². The Morgan fingerprint density at radius 3 is 2.59 bits per heavy atom. The number of aromatic amines is 1. The quantitative estimate of drug-likeness (QED) is 0.445. The van der Waals surface area contributed by atoms with Gasteiger partial charge in [-0.25, -0.2) is 4.39 Å². The van der Waals surface area contributed by atoms with Gasteiger partial charge in [-0.1, -0.05) is 36.8 Å². The molecule has 2 fully saturated rings. The number of fused-ring (bicyclic) bond motifs is 4. The lowest BCUT2D eigenvalue weighted by atomic mass is 9.68. The van der Waals surface area contributed by atoms with Crippen LogP contribution in [0.5, 0.6) is 0 Å². The number of rotatable bonds is 6. The molecule has 1 saturated carbocycles. The lowest BCUT2D eigenvalue weighted by molar-refractivity contribution is -0.140. The lowest BCUT2D eigenvalue weighted by Crippen LogP contribution is -2.55. The van der Waals surface area contributed by atoms with Crippen molar-refractivity contribution >= 4 is 22.7 Å². The Hall–Kier alpha value is -3.23. The average molecular weight is 533 g/mol. The van der Waals surface area contributed by atoms with Crippen LogP contribution in [0.25, 0.3) is 10.9 Å². The van der Waals surface area contributed by atoms with Crippen molar-refractivity contribution < 1.29 is 19.1 Å². The fourth-order valence-corrected chi connectivity index (χ4v) is 6.88. The maximum atomic E-state index is 14.7. The molecule has 3 N–H and O–H groups in total. The Labute approximate surface area is 228 Å². The molecule has 6 rings (SSSR count). The molecule has 3 aromatic rings. The minimum absolute atomic E-state index is 0.0767. The predicted octanol–water partition coefficient (Wildman–Crippen LogP) is 4.15. The molecule has 206 valence electrons. The summed E-state index contributed by atoms with van der Waals surface area (Å²) in [6.07, 6.45) is 4.80. The fourth-order valence-electron chi connectivity index (χ4n) is 6.88. The molecule has 1 aromatic heterocycles. The van der Waals surface area contributed by atoms with Crippen LogP contribution in [0.2, 0.25) is 0 Å². The fraction of sp³-hybridized carbons (Fsp3) is 0.484. The van der Waals surface area contributed by atoms with E-state index in [0.717, 1.165) is 54.3 Å². The van der Waals surface area contributed by atoms with Gasteiger partial charge in [0.25, 0.3) is 0 Å². The molecule has 7 nitrogen and oxygen atoms in total. The monoisotopic (exact) mass is 532 g/mol. The van der Waals surface area contributed by atoms with Gasteiger partial charge in [-0.15, -0.1) is 0 Å². The normalized spacial score (nSPS) is 21.1. The first-order chi connectivity index (χ1) is 18.9. The van der Waals surface area contributed by atoms with Gasteiger partial charge in [0, 0.05) is 73.1 Å². The predicted molar refractivity (Wildman–Crippen MR) is 147 cm³/mol. The van der Waals surface area contributed by atoms with E-state index in [0.29, 0.717) is 44.2 Å². The molecule has 8 heteroatoms. The van der Waals surface area contributed by atoms with E-state index < -0.39 is 0 Å². The minimum Gasteiger partial charge on any atom is -0.394 e. The van der Waals surface area contributed by atoms with Gasteiger partial charge in [0.05, 0.1) is 12.6 Å². The highest BCUT2D eigenvalue weighted by atomic mass is 19.1. The van der Waals surface area contributed by atoms with Crippen LogP contribution in [0.1, 0.15) is 67.5 Å². The summed E-state index contributed by atoms with van der Waals surface area (Å²) in [5.41, 5.74) is 4.56. The Morgan fingerprint density at radius 1 is 1.15 bits per heavy atom. The van der Waals surface area contributed by atoms with Crippen molar-refractivity contribution in [3.05, 3.63) is 70.7 Å². The van der Waals surface area contributed by atoms with Crippen molar-refractivity contribution in [2.24, 2.45) is 5.92 Å². The number of halogens is 1. The van der Waals surface area contributed by atoms with Crippen LogP contribution >= 0.6 is 0 Å². The van der Waals surface area contributed by atoms with E-state index in [-0.39, 0.29) is 35.7 Å². The maximum absolute atomic E-state index is 14.7. The van der Waals surface area contributed by atoms with Crippen LogP contribution in [0.3, 0.4) is 0 Å². The van der Waals surface area contributed by atoms with Crippen LogP contribution in [0.4, 0.5) is 4.39 Å². The molecule has 2 aliphatic heterocycles. The van der Waals surface area contributed by atoms with E-state index in [1.165, 1.54) is 18.6 Å². The highest BCUT2D eigenvalue weighted by Gasteiger charge is 2.48. The molecular weight excluding hydrogens is 495 g/mol. The second-order valence-electron chi connectivity index (χ2n) is 11.6. The standard InChI is InChI=1S/C31H37FN4O3/c1-20(38)33-16-21-9-10-24-26(15-21)34-29-27(18-37)36(17-23-5-2-3-8-25(23)32)19-31(28(24)29)11-13-35(14-12-31)30(39)22-6-4-7-22/h2-3,5,8-10,15,22,27,34,37H,4,6-7,11-14,16-19H2,1H3,(H,33,38). The number of aliphatic hydroxyl groups excluding tert-OH is 1. The lowest BCUT2D eigenvalue weighted by Gasteiger charge is -2.50. The van der Waals surface area contributed by atoms with Gasteiger partial charge in [-0.05, 0) is 48.9 Å². The molecule has 3 aliphatic rings. The van der Waals surface area contributed by atoms with Crippen molar-refractivity contribution in [2.75, 3.05) is 26.2 Å². The third-order valence-electron chi connectivity index (χ3n) is 9.23. The zero-order chi connectivity index (χ0) is 27.1. The molecule has 1 saturated heterocycles. The zero-order valence-electron chi connectivity index (χ0n) is 22.5.